The van der Waals surface area contributed by atoms with Crippen molar-refractivity contribution in [3.63, 3.8) is 0 Å². The van der Waals surface area contributed by atoms with Crippen molar-refractivity contribution < 1.29 is 42.9 Å². The smallest absolute Gasteiger partial charge is 0.339 e. The zero-order chi connectivity index (χ0) is 25.2. The molecule has 0 spiro atoms. The lowest BCUT2D eigenvalue weighted by molar-refractivity contribution is -0.242. The monoisotopic (exact) mass is 522 g/mol. The van der Waals surface area contributed by atoms with E-state index in [0.29, 0.717) is 0 Å². The lowest BCUT2D eigenvalue weighted by atomic mass is 9.93. The lowest BCUT2D eigenvalue weighted by Crippen LogP contribution is -2.63. The fourth-order valence-corrected chi connectivity index (χ4v) is 3.04. The van der Waals surface area contributed by atoms with Crippen LogP contribution in [-0.2, 0) is 42.9 Å². The predicted octanol–water partition coefficient (Wildman–Crippen LogP) is 3.15. The number of hydrogen-bond donors (Lipinski definition) is 0. The van der Waals surface area contributed by atoms with Crippen LogP contribution < -0.4 is 0 Å². The Balaban J connectivity index is 3.51. The van der Waals surface area contributed by atoms with E-state index in [2.05, 4.69) is 15.9 Å². The maximum Gasteiger partial charge on any atom is 0.339 e. The molecule has 0 bridgehead atoms. The van der Waals surface area contributed by atoms with E-state index in [9.17, 15) is 19.2 Å². The van der Waals surface area contributed by atoms with Crippen LogP contribution in [0.1, 0.15) is 62.3 Å². The highest BCUT2D eigenvalue weighted by Gasteiger charge is 2.56. The second-order valence-corrected chi connectivity index (χ2v) is 11.7. The van der Waals surface area contributed by atoms with Crippen molar-refractivity contribution in [2.45, 2.75) is 91.7 Å². The van der Waals surface area contributed by atoms with E-state index >= 15 is 0 Å². The molecule has 0 saturated carbocycles. The van der Waals surface area contributed by atoms with Crippen LogP contribution in [0.4, 0.5) is 0 Å². The Labute approximate surface area is 197 Å². The molecule has 0 N–H and O–H groups in total. The molecule has 0 amide bonds. The number of hydrogen-bond acceptors (Lipinski definition) is 9. The van der Waals surface area contributed by atoms with Gasteiger partial charge in [-0.15, -0.1) is 0 Å². The predicted molar refractivity (Wildman–Crippen MR) is 118 cm³/mol. The standard InChI is InChI=1S/C22H35BrO9/c1-20(2,3)17(25)30-11-12(31-18(26)21(4,5)6)14(16(24)28-10)29-15(23)13(11)32-19(27)22(7,8)9/h11-15H,1-10H3/t11-,12-,13+,14-,15?/m0/s1. The van der Waals surface area contributed by atoms with Crippen molar-refractivity contribution in [2.75, 3.05) is 7.11 Å². The molecule has 0 aromatic rings. The van der Waals surface area contributed by atoms with Crippen molar-refractivity contribution in [3.8, 4) is 0 Å². The van der Waals surface area contributed by atoms with Crippen LogP contribution in [-0.4, -0.2) is 60.4 Å². The Hall–Kier alpha value is -1.68. The zero-order valence-electron chi connectivity index (χ0n) is 20.4. The minimum atomic E-state index is -1.42. The minimum absolute atomic E-state index is 0.593. The summed E-state index contributed by atoms with van der Waals surface area (Å²) in [6.45, 7) is 14.8. The maximum atomic E-state index is 12.8. The second-order valence-electron chi connectivity index (χ2n) is 10.8. The molecule has 1 heterocycles. The van der Waals surface area contributed by atoms with E-state index in [1.807, 2.05) is 0 Å². The van der Waals surface area contributed by atoms with Crippen molar-refractivity contribution in [1.82, 2.24) is 0 Å². The van der Waals surface area contributed by atoms with Gasteiger partial charge in [0.2, 0.25) is 0 Å². The Kier molecular flexibility index (Phi) is 8.92. The summed E-state index contributed by atoms with van der Waals surface area (Å²) < 4.78 is 27.4. The molecule has 0 aromatic carbocycles. The van der Waals surface area contributed by atoms with Gasteiger partial charge < -0.3 is 23.7 Å². The fourth-order valence-electron chi connectivity index (χ4n) is 2.39. The molecule has 184 valence electrons. The van der Waals surface area contributed by atoms with Gasteiger partial charge in [0.05, 0.1) is 23.4 Å². The topological polar surface area (TPSA) is 114 Å². The molecule has 1 rings (SSSR count). The number of carbonyl (C=O) groups excluding carboxylic acids is 4. The third kappa shape index (κ3) is 7.16. The molecule has 5 atom stereocenters. The SMILES string of the molecule is COC(=O)[C@H]1OC(Br)[C@H](OC(=O)C(C)(C)C)[C@@H](OC(=O)C(C)(C)C)[C@@H]1OC(=O)C(C)(C)C. The van der Waals surface area contributed by atoms with Crippen LogP contribution in [0.15, 0.2) is 0 Å². The molecule has 1 saturated heterocycles. The van der Waals surface area contributed by atoms with E-state index in [-0.39, 0.29) is 0 Å². The van der Waals surface area contributed by atoms with Crippen LogP contribution in [0, 0.1) is 16.2 Å². The highest BCUT2D eigenvalue weighted by molar-refractivity contribution is 9.09. The fraction of sp³-hybridized carbons (Fsp3) is 0.818. The molecule has 10 heteroatoms. The molecule has 0 radical (unpaired) electrons. The Bertz CT molecular complexity index is 727. The average Bonchev–Trinajstić information content (AvgIpc) is 2.62. The third-order valence-electron chi connectivity index (χ3n) is 4.48. The highest BCUT2D eigenvalue weighted by Crippen LogP contribution is 2.35. The van der Waals surface area contributed by atoms with E-state index in [0.717, 1.165) is 7.11 Å². The second kappa shape index (κ2) is 10.1. The van der Waals surface area contributed by atoms with Gasteiger partial charge in [-0.05, 0) is 62.3 Å². The van der Waals surface area contributed by atoms with Crippen LogP contribution >= 0.6 is 15.9 Å². The first kappa shape index (κ1) is 28.4. The van der Waals surface area contributed by atoms with E-state index in [4.69, 9.17) is 23.7 Å². The van der Waals surface area contributed by atoms with Gasteiger partial charge in [-0.2, -0.15) is 0 Å². The number of ether oxygens (including phenoxy) is 5. The average molecular weight is 523 g/mol. The first-order valence-electron chi connectivity index (χ1n) is 10.3. The molecule has 0 aromatic heterocycles. The van der Waals surface area contributed by atoms with Crippen LogP contribution in [0.5, 0.6) is 0 Å². The van der Waals surface area contributed by atoms with Crippen molar-refractivity contribution in [3.05, 3.63) is 0 Å². The number of methoxy groups -OCH3 is 1. The number of alkyl halides is 1. The summed E-state index contributed by atoms with van der Waals surface area (Å²) >= 11 is 3.26. The Morgan fingerprint density at radius 3 is 1.34 bits per heavy atom. The largest absolute Gasteiger partial charge is 0.467 e. The minimum Gasteiger partial charge on any atom is -0.467 e. The molecule has 1 aliphatic rings. The summed E-state index contributed by atoms with van der Waals surface area (Å²) in [5.41, 5.74) is -2.72. The Morgan fingerprint density at radius 2 is 1.00 bits per heavy atom. The number of rotatable bonds is 4. The lowest BCUT2D eigenvalue weighted by Gasteiger charge is -2.43. The van der Waals surface area contributed by atoms with Crippen LogP contribution in [0.3, 0.4) is 0 Å². The summed E-state index contributed by atoms with van der Waals surface area (Å²) in [6, 6.07) is 0. The summed E-state index contributed by atoms with van der Waals surface area (Å²) in [5.74, 6) is -2.73. The molecular formula is C22H35BrO9. The molecule has 1 unspecified atom stereocenters. The van der Waals surface area contributed by atoms with Gasteiger partial charge in [-0.1, -0.05) is 15.9 Å². The number of halogens is 1. The van der Waals surface area contributed by atoms with Gasteiger partial charge in [0.25, 0.3) is 0 Å². The summed E-state index contributed by atoms with van der Waals surface area (Å²) in [7, 11) is 1.15. The van der Waals surface area contributed by atoms with Gasteiger partial charge in [-0.3, -0.25) is 14.4 Å². The normalized spacial score (nSPS) is 26.7. The number of carbonyl (C=O) groups is 4. The van der Waals surface area contributed by atoms with E-state index in [1.54, 1.807) is 62.3 Å². The molecular weight excluding hydrogens is 488 g/mol. The summed E-state index contributed by atoms with van der Waals surface area (Å²) in [4.78, 5) is 50.6. The zero-order valence-corrected chi connectivity index (χ0v) is 22.0. The first-order chi connectivity index (χ1) is 14.3. The first-order valence-corrected chi connectivity index (χ1v) is 11.2. The molecule has 0 aliphatic carbocycles. The van der Waals surface area contributed by atoms with Crippen molar-refractivity contribution in [2.24, 2.45) is 16.2 Å². The van der Waals surface area contributed by atoms with Gasteiger partial charge in [-0.25, -0.2) is 4.79 Å². The van der Waals surface area contributed by atoms with Crippen LogP contribution in [0.2, 0.25) is 0 Å². The van der Waals surface area contributed by atoms with Gasteiger partial charge in [0, 0.05) is 0 Å². The maximum absolute atomic E-state index is 12.8. The van der Waals surface area contributed by atoms with Crippen molar-refractivity contribution in [1.29, 1.82) is 0 Å². The van der Waals surface area contributed by atoms with Crippen LogP contribution in [0.25, 0.3) is 0 Å². The van der Waals surface area contributed by atoms with Gasteiger partial charge in [0.15, 0.2) is 29.4 Å². The molecule has 9 nitrogen and oxygen atoms in total. The van der Waals surface area contributed by atoms with Crippen molar-refractivity contribution >= 4 is 39.8 Å². The van der Waals surface area contributed by atoms with E-state index < -0.39 is 69.6 Å². The van der Waals surface area contributed by atoms with E-state index in [1.165, 1.54) is 0 Å². The highest BCUT2D eigenvalue weighted by atomic mass is 79.9. The summed E-state index contributed by atoms with van der Waals surface area (Å²) in [6.07, 6.45) is -5.36. The van der Waals surface area contributed by atoms with Gasteiger partial charge in [0.1, 0.15) is 0 Å². The quantitative estimate of drug-likeness (QED) is 0.311. The molecule has 32 heavy (non-hydrogen) atoms. The van der Waals surface area contributed by atoms with Gasteiger partial charge >= 0.3 is 23.9 Å². The summed E-state index contributed by atoms with van der Waals surface area (Å²) in [5, 5.41) is -1.04. The number of esters is 4. The molecule has 1 fully saturated rings. The third-order valence-corrected chi connectivity index (χ3v) is 5.22. The Morgan fingerprint density at radius 1 is 0.656 bits per heavy atom. The molecule has 1 aliphatic heterocycles.